The molecule has 1 saturated heterocycles. The molecule has 1 heterocycles. The van der Waals surface area contributed by atoms with E-state index in [0.717, 1.165) is 9.04 Å². The van der Waals surface area contributed by atoms with Crippen LogP contribution >= 0.6 is 0 Å². The van der Waals surface area contributed by atoms with E-state index < -0.39 is 47.6 Å². The smallest absolute Gasteiger partial charge is 0.0694 e. The van der Waals surface area contributed by atoms with Crippen LogP contribution in [0.3, 0.4) is 0 Å². The Hall–Kier alpha value is -0.0418. The quantitative estimate of drug-likeness (QED) is 0.197. The summed E-state index contributed by atoms with van der Waals surface area (Å²) in [5, 5.41) is 3.86. The molecular weight excluding hydrogens is 785 g/mol. The number of benzene rings is 2. The molecule has 0 N–H and O–H groups in total. The summed E-state index contributed by atoms with van der Waals surface area (Å²) in [6.07, 6.45) is 10.8. The first-order valence-electron chi connectivity index (χ1n) is 23.1. The molecule has 0 amide bonds. The van der Waals surface area contributed by atoms with Crippen LogP contribution < -0.4 is 10.4 Å². The summed E-state index contributed by atoms with van der Waals surface area (Å²) in [5.74, 6) is 0. The van der Waals surface area contributed by atoms with Gasteiger partial charge in [-0.2, -0.15) is 0 Å². The zero-order valence-corrected chi connectivity index (χ0v) is 48.4. The van der Waals surface area contributed by atoms with E-state index >= 15 is 0 Å². The summed E-state index contributed by atoms with van der Waals surface area (Å²) in [7, 11) is -7.64. The Balaban J connectivity index is 2.19. The highest BCUT2D eigenvalue weighted by Crippen LogP contribution is 2.69. The second-order valence-corrected chi connectivity index (χ2v) is 60.8. The largest absolute Gasteiger partial charge is 0.0937 e. The predicted molar refractivity (Wildman–Crippen MR) is 271 cm³/mol. The Morgan fingerprint density at radius 2 is 0.875 bits per heavy atom. The molecule has 5 rings (SSSR count). The summed E-state index contributed by atoms with van der Waals surface area (Å²) in [5.41, 5.74) is 13.1. The molecule has 0 unspecified atom stereocenters. The van der Waals surface area contributed by atoms with Crippen LogP contribution in [0.15, 0.2) is 18.2 Å². The molecule has 0 aromatic heterocycles. The molecule has 0 spiro atoms. The average molecular weight is 874 g/mol. The summed E-state index contributed by atoms with van der Waals surface area (Å²) in [6, 6.07) is 8.18. The lowest BCUT2D eigenvalue weighted by Gasteiger charge is -2.58. The van der Waals surface area contributed by atoms with Gasteiger partial charge in [0.15, 0.2) is 0 Å². The highest BCUT2D eigenvalue weighted by atomic mass is 29.4. The Labute approximate surface area is 358 Å². The normalized spacial score (nSPS) is 22.0. The molecule has 3 aliphatic rings. The van der Waals surface area contributed by atoms with Gasteiger partial charge in [0.2, 0.25) is 0 Å². The van der Waals surface area contributed by atoms with Crippen molar-refractivity contribution < 1.29 is 0 Å². The third-order valence-corrected chi connectivity index (χ3v) is 68.0. The molecule has 1 aliphatic heterocycles. The van der Waals surface area contributed by atoms with Gasteiger partial charge in [-0.25, -0.2) is 0 Å². The molecule has 56 heavy (non-hydrogen) atoms. The van der Waals surface area contributed by atoms with Gasteiger partial charge < -0.3 is 0 Å². The van der Waals surface area contributed by atoms with E-state index in [2.05, 4.69) is 173 Å². The molecule has 2 aromatic rings. The Morgan fingerprint density at radius 3 is 1.16 bits per heavy atom. The molecule has 2 radical (unpaired) electrons. The minimum Gasteiger partial charge on any atom is -0.0694 e. The first-order chi connectivity index (χ1) is 25.3. The Morgan fingerprint density at radius 1 is 0.554 bits per heavy atom. The van der Waals surface area contributed by atoms with E-state index in [1.165, 1.54) is 44.1 Å². The van der Waals surface area contributed by atoms with Crippen LogP contribution in [0.5, 0.6) is 0 Å². The fourth-order valence-electron chi connectivity index (χ4n) is 15.5. The van der Waals surface area contributed by atoms with Crippen LogP contribution in [-0.4, -0.2) is 56.6 Å². The van der Waals surface area contributed by atoms with Crippen molar-refractivity contribution in [2.24, 2.45) is 0 Å². The molecule has 1 fully saturated rings. The van der Waals surface area contributed by atoms with E-state index in [9.17, 15) is 0 Å². The van der Waals surface area contributed by atoms with Crippen molar-refractivity contribution >= 4 is 67.0 Å². The molecule has 2 aliphatic carbocycles. The van der Waals surface area contributed by atoms with Crippen molar-refractivity contribution in [2.45, 2.75) is 236 Å². The van der Waals surface area contributed by atoms with Crippen molar-refractivity contribution in [3.63, 3.8) is 0 Å². The molecular formula is C49H88Si7. The Kier molecular flexibility index (Phi) is 12.2. The monoisotopic (exact) mass is 873 g/mol. The van der Waals surface area contributed by atoms with Crippen LogP contribution in [0.2, 0.25) is 87.1 Å². The van der Waals surface area contributed by atoms with Crippen LogP contribution in [-0.2, 0) is 21.7 Å². The van der Waals surface area contributed by atoms with Gasteiger partial charge in [-0.1, -0.05) is 176 Å². The van der Waals surface area contributed by atoms with E-state index in [4.69, 9.17) is 0 Å². The number of aryl methyl sites for hydroxylation is 3. The van der Waals surface area contributed by atoms with Gasteiger partial charge in [0, 0.05) is 39.7 Å². The van der Waals surface area contributed by atoms with Gasteiger partial charge in [0.1, 0.15) is 0 Å². The Bertz CT molecular complexity index is 1740. The molecule has 7 heteroatoms. The lowest BCUT2D eigenvalue weighted by Crippen LogP contribution is -2.69. The van der Waals surface area contributed by atoms with Crippen molar-refractivity contribution in [1.29, 1.82) is 0 Å². The summed E-state index contributed by atoms with van der Waals surface area (Å²) in [4.78, 5) is 0. The highest BCUT2D eigenvalue weighted by molar-refractivity contribution is 7.43. The predicted octanol–water partition coefficient (Wildman–Crippen LogP) is 13.7. The number of fused-ring (bicyclic) bond motifs is 2. The van der Waals surface area contributed by atoms with Crippen LogP contribution in [0.1, 0.15) is 146 Å². The maximum atomic E-state index is 2.91. The fourth-order valence-corrected chi connectivity index (χ4v) is 95.5. The lowest BCUT2D eigenvalue weighted by molar-refractivity contribution is 0.322. The number of hydrogen-bond acceptors (Lipinski definition) is 0. The zero-order chi connectivity index (χ0) is 42.8. The van der Waals surface area contributed by atoms with E-state index in [1.807, 2.05) is 32.6 Å². The molecule has 0 nitrogen and oxygen atoms in total. The molecule has 0 saturated carbocycles. The van der Waals surface area contributed by atoms with E-state index in [1.54, 1.807) is 24.0 Å². The maximum Gasteiger partial charge on any atom is 0.0937 e. The standard InChI is InChI=1S/C49H88Si7/c1-24-46(25-2)33-44(8,9)40-38(46)32-39-41(45(10,11)34-47(39,26-3)27-4)42(40)50-51(43-36(6)30-35(5)31-37(43)7)52-48(53(12,13)14,54(15,16)17)28-29-49(52,55(18,19)20)56(21,22)23/h30-32H,24-29,33-34H2,1-23H3. The van der Waals surface area contributed by atoms with Crippen LogP contribution in [0, 0.1) is 20.8 Å². The number of hydrogen-bond donors (Lipinski definition) is 0. The SMILES string of the molecule is CCC1(CC)CC(C)(C)c2c1cc1c(c2[Si][Si](c2c(C)cc(C)cc2C)=[Si]2C([Si](C)(C)C)([Si](C)(C)C)CCC2([Si](C)(C)C)[Si](C)(C)C)C(C)(C)CC1(CC)CC. The minimum atomic E-state index is -1.66. The zero-order valence-electron chi connectivity index (χ0n) is 41.4. The summed E-state index contributed by atoms with van der Waals surface area (Å²) >= 11 is 0. The first-order valence-corrected chi connectivity index (χ1v) is 43.1. The van der Waals surface area contributed by atoms with Crippen molar-refractivity contribution in [1.82, 2.24) is 0 Å². The second kappa shape index (κ2) is 14.5. The topological polar surface area (TPSA) is 0 Å². The van der Waals surface area contributed by atoms with E-state index in [0.29, 0.717) is 8.57 Å². The average Bonchev–Trinajstić information content (AvgIpc) is 3.62. The van der Waals surface area contributed by atoms with E-state index in [-0.39, 0.29) is 21.7 Å². The van der Waals surface area contributed by atoms with Crippen molar-refractivity contribution in [2.75, 3.05) is 0 Å². The number of rotatable bonds is 11. The van der Waals surface area contributed by atoms with Crippen molar-refractivity contribution in [3.8, 4) is 0 Å². The van der Waals surface area contributed by atoms with Gasteiger partial charge in [0.05, 0.1) is 9.04 Å². The molecule has 2 aromatic carbocycles. The molecule has 0 bridgehead atoms. The summed E-state index contributed by atoms with van der Waals surface area (Å²) in [6.45, 7) is 63.0. The van der Waals surface area contributed by atoms with Gasteiger partial charge in [-0.15, -0.1) is 0 Å². The van der Waals surface area contributed by atoms with Crippen LogP contribution in [0.4, 0.5) is 0 Å². The first kappa shape index (κ1) is 47.0. The van der Waals surface area contributed by atoms with Gasteiger partial charge in [-0.3, -0.25) is 0 Å². The molecule has 312 valence electrons. The summed E-state index contributed by atoms with van der Waals surface area (Å²) < 4.78 is 1.21. The lowest BCUT2D eigenvalue weighted by atomic mass is 9.72. The van der Waals surface area contributed by atoms with Gasteiger partial charge in [0.25, 0.3) is 0 Å². The van der Waals surface area contributed by atoms with Gasteiger partial charge in [-0.05, 0) is 136 Å². The third kappa shape index (κ3) is 6.64. The second-order valence-electron chi connectivity index (χ2n) is 25.2. The van der Waals surface area contributed by atoms with Crippen LogP contribution in [0.25, 0.3) is 0 Å². The minimum absolute atomic E-state index is 0.194. The molecule has 0 atom stereocenters. The maximum absolute atomic E-state index is 2.91. The van der Waals surface area contributed by atoms with Gasteiger partial charge >= 0.3 is 0 Å². The van der Waals surface area contributed by atoms with Crippen molar-refractivity contribution in [3.05, 3.63) is 57.1 Å². The fraction of sp³-hybridized carbons (Fsp3) is 0.755. The third-order valence-electron chi connectivity index (χ3n) is 17.4. The highest BCUT2D eigenvalue weighted by Gasteiger charge is 2.70.